The molecule has 0 unspecified atom stereocenters. The Morgan fingerprint density at radius 3 is 2.09 bits per heavy atom. The van der Waals surface area contributed by atoms with Gasteiger partial charge in [0.05, 0.1) is 17.0 Å². The Balaban J connectivity index is 3.27. The highest BCUT2D eigenvalue weighted by Crippen LogP contribution is 2.35. The SMILES string of the molecule is CCS(=O)(=O)c1c(S(=O)(=O)CC)c2c(C)cccn2c1C(N)=O. The van der Waals surface area contributed by atoms with Crippen molar-refractivity contribution in [2.45, 2.75) is 30.6 Å². The van der Waals surface area contributed by atoms with E-state index in [-0.39, 0.29) is 27.6 Å². The van der Waals surface area contributed by atoms with E-state index in [1.165, 1.54) is 24.4 Å². The molecule has 126 valence electrons. The molecule has 0 saturated heterocycles. The average molecular weight is 358 g/mol. The summed E-state index contributed by atoms with van der Waals surface area (Å²) in [6, 6.07) is 3.25. The van der Waals surface area contributed by atoms with Crippen LogP contribution in [0, 0.1) is 6.92 Å². The molecule has 0 atom stereocenters. The van der Waals surface area contributed by atoms with Crippen LogP contribution in [0.1, 0.15) is 29.9 Å². The van der Waals surface area contributed by atoms with Gasteiger partial charge in [-0.15, -0.1) is 0 Å². The molecule has 0 bridgehead atoms. The normalized spacial score (nSPS) is 12.7. The van der Waals surface area contributed by atoms with E-state index in [9.17, 15) is 21.6 Å². The predicted octanol–water partition coefficient (Wildman–Crippen LogP) is 0.934. The molecule has 2 aromatic rings. The number of pyridine rings is 1. The van der Waals surface area contributed by atoms with Gasteiger partial charge in [0.1, 0.15) is 15.5 Å². The molecule has 23 heavy (non-hydrogen) atoms. The first kappa shape index (κ1) is 17.5. The van der Waals surface area contributed by atoms with Crippen molar-refractivity contribution in [2.24, 2.45) is 5.73 Å². The number of nitrogens with two attached hydrogens (primary N) is 1. The molecule has 0 aromatic carbocycles. The highest BCUT2D eigenvalue weighted by molar-refractivity contribution is 7.94. The minimum absolute atomic E-state index is 0.176. The monoisotopic (exact) mass is 358 g/mol. The van der Waals surface area contributed by atoms with Crippen LogP contribution in [0.4, 0.5) is 0 Å². The standard InChI is InChI=1S/C14H18N2O5S2/c1-4-22(18,19)12-10-9(3)7-6-8-16(10)11(14(15)17)13(12)23(20,21)5-2/h6-8H,4-5H2,1-3H3,(H2,15,17). The van der Waals surface area contributed by atoms with Gasteiger partial charge in [-0.05, 0) is 18.6 Å². The summed E-state index contributed by atoms with van der Waals surface area (Å²) in [4.78, 5) is 11.0. The second-order valence-electron chi connectivity index (χ2n) is 5.09. The van der Waals surface area contributed by atoms with Crippen LogP contribution in [0.25, 0.3) is 5.52 Å². The van der Waals surface area contributed by atoms with Crippen molar-refractivity contribution in [1.29, 1.82) is 0 Å². The molecule has 0 aliphatic heterocycles. The van der Waals surface area contributed by atoms with Gasteiger partial charge in [0.2, 0.25) is 0 Å². The maximum atomic E-state index is 12.6. The van der Waals surface area contributed by atoms with E-state index in [2.05, 4.69) is 0 Å². The van der Waals surface area contributed by atoms with Crippen LogP contribution in [-0.4, -0.2) is 38.6 Å². The van der Waals surface area contributed by atoms with Crippen molar-refractivity contribution in [3.63, 3.8) is 0 Å². The zero-order valence-electron chi connectivity index (χ0n) is 13.0. The van der Waals surface area contributed by atoms with E-state index in [4.69, 9.17) is 5.73 Å². The van der Waals surface area contributed by atoms with Crippen molar-refractivity contribution in [1.82, 2.24) is 4.40 Å². The Bertz CT molecular complexity index is 1000. The maximum Gasteiger partial charge on any atom is 0.267 e. The van der Waals surface area contributed by atoms with Crippen molar-refractivity contribution in [2.75, 3.05) is 11.5 Å². The number of fused-ring (bicyclic) bond motifs is 1. The minimum Gasteiger partial charge on any atom is -0.364 e. The van der Waals surface area contributed by atoms with Crippen LogP contribution < -0.4 is 5.73 Å². The number of nitrogens with zero attached hydrogens (tertiary/aromatic N) is 1. The number of sulfone groups is 2. The van der Waals surface area contributed by atoms with Gasteiger partial charge in [0.25, 0.3) is 5.91 Å². The number of aromatic nitrogens is 1. The van der Waals surface area contributed by atoms with Crippen LogP contribution in [0.2, 0.25) is 0 Å². The van der Waals surface area contributed by atoms with E-state index in [0.29, 0.717) is 5.56 Å². The molecular weight excluding hydrogens is 340 g/mol. The molecule has 0 aliphatic rings. The predicted molar refractivity (Wildman–Crippen MR) is 86.1 cm³/mol. The summed E-state index contributed by atoms with van der Waals surface area (Å²) in [7, 11) is -7.87. The lowest BCUT2D eigenvalue weighted by Crippen LogP contribution is -2.19. The van der Waals surface area contributed by atoms with Crippen LogP contribution in [0.3, 0.4) is 0 Å². The molecule has 0 aliphatic carbocycles. The Morgan fingerprint density at radius 2 is 1.61 bits per heavy atom. The molecule has 0 saturated carbocycles. The first-order valence-corrected chi connectivity index (χ1v) is 10.3. The van der Waals surface area contributed by atoms with Gasteiger partial charge in [0.15, 0.2) is 19.7 Å². The zero-order chi connectivity index (χ0) is 17.6. The number of hydrogen-bond donors (Lipinski definition) is 1. The van der Waals surface area contributed by atoms with Gasteiger partial charge < -0.3 is 10.1 Å². The summed E-state index contributed by atoms with van der Waals surface area (Å²) in [5.41, 5.74) is 5.76. The highest BCUT2D eigenvalue weighted by atomic mass is 32.2. The molecule has 2 rings (SSSR count). The van der Waals surface area contributed by atoms with Gasteiger partial charge in [0, 0.05) is 6.20 Å². The molecule has 0 radical (unpaired) electrons. The highest BCUT2D eigenvalue weighted by Gasteiger charge is 2.36. The minimum atomic E-state index is -3.98. The number of carbonyl (C=O) groups is 1. The molecule has 0 spiro atoms. The summed E-state index contributed by atoms with van der Waals surface area (Å²) in [5, 5.41) is 0. The molecule has 2 aromatic heterocycles. The lowest BCUT2D eigenvalue weighted by Gasteiger charge is -2.06. The third kappa shape index (κ3) is 2.63. The third-order valence-corrected chi connectivity index (χ3v) is 7.38. The van der Waals surface area contributed by atoms with Crippen LogP contribution in [0.15, 0.2) is 28.1 Å². The lowest BCUT2D eigenvalue weighted by molar-refractivity contribution is 0.0991. The van der Waals surface area contributed by atoms with E-state index in [1.807, 2.05) is 0 Å². The summed E-state index contributed by atoms with van der Waals surface area (Å²) < 4.78 is 51.4. The van der Waals surface area contributed by atoms with E-state index in [1.54, 1.807) is 19.1 Å². The van der Waals surface area contributed by atoms with Gasteiger partial charge in [-0.3, -0.25) is 4.79 Å². The summed E-state index contributed by atoms with van der Waals surface area (Å²) in [6.45, 7) is 4.46. The summed E-state index contributed by atoms with van der Waals surface area (Å²) in [5.74, 6) is -1.61. The molecule has 1 amide bonds. The van der Waals surface area contributed by atoms with Crippen molar-refractivity contribution in [3.05, 3.63) is 29.6 Å². The Labute approximate surface area is 134 Å². The Morgan fingerprint density at radius 1 is 1.09 bits per heavy atom. The number of rotatable bonds is 5. The molecular formula is C14H18N2O5S2. The molecule has 0 fully saturated rings. The molecule has 7 nitrogen and oxygen atoms in total. The smallest absolute Gasteiger partial charge is 0.267 e. The van der Waals surface area contributed by atoms with Crippen LogP contribution >= 0.6 is 0 Å². The molecule has 9 heteroatoms. The lowest BCUT2D eigenvalue weighted by atomic mass is 10.2. The van der Waals surface area contributed by atoms with Crippen molar-refractivity contribution >= 4 is 31.1 Å². The first-order valence-electron chi connectivity index (χ1n) is 6.97. The van der Waals surface area contributed by atoms with Crippen molar-refractivity contribution < 1.29 is 21.6 Å². The van der Waals surface area contributed by atoms with E-state index in [0.717, 1.165) is 0 Å². The number of amides is 1. The Kier molecular flexibility index (Phi) is 4.29. The van der Waals surface area contributed by atoms with Crippen molar-refractivity contribution in [3.8, 4) is 0 Å². The second-order valence-corrected chi connectivity index (χ2v) is 9.52. The van der Waals surface area contributed by atoms with Crippen LogP contribution in [0.5, 0.6) is 0 Å². The number of primary amides is 1. The van der Waals surface area contributed by atoms with Gasteiger partial charge in [-0.2, -0.15) is 0 Å². The third-order valence-electron chi connectivity index (χ3n) is 3.69. The van der Waals surface area contributed by atoms with Gasteiger partial charge >= 0.3 is 0 Å². The van der Waals surface area contributed by atoms with E-state index >= 15 is 0 Å². The quantitative estimate of drug-likeness (QED) is 0.854. The molecule has 2 N–H and O–H groups in total. The topological polar surface area (TPSA) is 116 Å². The van der Waals surface area contributed by atoms with E-state index < -0.39 is 30.5 Å². The second kappa shape index (κ2) is 5.64. The average Bonchev–Trinajstić information content (AvgIpc) is 2.85. The Hall–Kier alpha value is -1.87. The number of carbonyl (C=O) groups excluding carboxylic acids is 1. The largest absolute Gasteiger partial charge is 0.364 e. The fraction of sp³-hybridized carbons (Fsp3) is 0.357. The fourth-order valence-electron chi connectivity index (χ4n) is 2.51. The zero-order valence-corrected chi connectivity index (χ0v) is 14.7. The van der Waals surface area contributed by atoms with Crippen LogP contribution in [-0.2, 0) is 19.7 Å². The maximum absolute atomic E-state index is 12.6. The summed E-state index contributed by atoms with van der Waals surface area (Å²) in [6.07, 6.45) is 1.44. The van der Waals surface area contributed by atoms with Gasteiger partial charge in [-0.25, -0.2) is 16.8 Å². The number of aryl methyl sites for hydroxylation is 1. The van der Waals surface area contributed by atoms with Gasteiger partial charge in [-0.1, -0.05) is 19.9 Å². The fourth-order valence-corrected chi connectivity index (χ4v) is 5.66. The molecule has 2 heterocycles. The first-order chi connectivity index (χ1) is 10.6. The number of hydrogen-bond acceptors (Lipinski definition) is 5. The summed E-state index contributed by atoms with van der Waals surface area (Å²) >= 11 is 0.